The number of anilines is 1. The van der Waals surface area contributed by atoms with Crippen LogP contribution in [0.4, 0.5) is 5.69 Å². The summed E-state index contributed by atoms with van der Waals surface area (Å²) in [4.78, 5) is 24.3. The number of carbonyl (C=O) groups is 2. The lowest BCUT2D eigenvalue weighted by Crippen LogP contribution is -2.31. The molecule has 1 aromatic heterocycles. The maximum atomic E-state index is 12.2. The van der Waals surface area contributed by atoms with Gasteiger partial charge in [-0.2, -0.15) is 0 Å². The van der Waals surface area contributed by atoms with E-state index in [9.17, 15) is 9.59 Å². The SMILES string of the molecule is CC[C@H](C)NC(=O)c1cccc(NC(=O)c2nnc(COC)s2)c1. The molecule has 0 bridgehead atoms. The number of nitrogens with one attached hydrogen (secondary N) is 2. The molecule has 1 aromatic carbocycles. The monoisotopic (exact) mass is 348 g/mol. The van der Waals surface area contributed by atoms with Crippen LogP contribution in [0.15, 0.2) is 24.3 Å². The standard InChI is InChI=1S/C16H20N4O3S/c1-4-10(2)17-14(21)11-6-5-7-12(8-11)18-15(22)16-20-19-13(24-16)9-23-3/h5-8,10H,4,9H2,1-3H3,(H,17,21)(H,18,22)/t10-/m0/s1. The summed E-state index contributed by atoms with van der Waals surface area (Å²) >= 11 is 1.17. The Morgan fingerprint density at radius 2 is 2.08 bits per heavy atom. The lowest BCUT2D eigenvalue weighted by atomic mass is 10.1. The Labute approximate surface area is 144 Å². The number of hydrogen-bond donors (Lipinski definition) is 2. The van der Waals surface area contributed by atoms with Gasteiger partial charge in [0, 0.05) is 24.4 Å². The van der Waals surface area contributed by atoms with E-state index in [0.717, 1.165) is 6.42 Å². The van der Waals surface area contributed by atoms with Gasteiger partial charge in [0.15, 0.2) is 0 Å². The normalized spacial score (nSPS) is 11.8. The van der Waals surface area contributed by atoms with Crippen molar-refractivity contribution in [1.82, 2.24) is 15.5 Å². The Bertz CT molecular complexity index is 717. The van der Waals surface area contributed by atoms with Gasteiger partial charge in [-0.25, -0.2) is 0 Å². The number of methoxy groups -OCH3 is 1. The minimum Gasteiger partial charge on any atom is -0.377 e. The number of carbonyl (C=O) groups excluding carboxylic acids is 2. The Morgan fingerprint density at radius 3 is 2.79 bits per heavy atom. The molecule has 8 heteroatoms. The number of hydrogen-bond acceptors (Lipinski definition) is 6. The molecule has 2 rings (SSSR count). The zero-order valence-electron chi connectivity index (χ0n) is 13.8. The lowest BCUT2D eigenvalue weighted by Gasteiger charge is -2.12. The average Bonchev–Trinajstić information content (AvgIpc) is 3.04. The fourth-order valence-electron chi connectivity index (χ4n) is 1.86. The molecule has 0 radical (unpaired) electrons. The van der Waals surface area contributed by atoms with Crippen molar-refractivity contribution in [3.8, 4) is 0 Å². The van der Waals surface area contributed by atoms with Gasteiger partial charge >= 0.3 is 0 Å². The zero-order valence-corrected chi connectivity index (χ0v) is 14.6. The molecule has 7 nitrogen and oxygen atoms in total. The third-order valence-electron chi connectivity index (χ3n) is 3.30. The lowest BCUT2D eigenvalue weighted by molar-refractivity contribution is 0.0938. The van der Waals surface area contributed by atoms with Crippen molar-refractivity contribution >= 4 is 28.8 Å². The molecule has 2 amide bonds. The van der Waals surface area contributed by atoms with Crippen LogP contribution in [0.1, 0.15) is 45.4 Å². The van der Waals surface area contributed by atoms with Crippen LogP contribution >= 0.6 is 11.3 Å². The molecule has 0 aliphatic heterocycles. The van der Waals surface area contributed by atoms with Gasteiger partial charge in [0.1, 0.15) is 5.01 Å². The third-order valence-corrected chi connectivity index (χ3v) is 4.20. The Kier molecular flexibility index (Phi) is 6.39. The molecule has 24 heavy (non-hydrogen) atoms. The Hall–Kier alpha value is -2.32. The maximum Gasteiger partial charge on any atom is 0.286 e. The van der Waals surface area contributed by atoms with E-state index in [0.29, 0.717) is 22.9 Å². The summed E-state index contributed by atoms with van der Waals surface area (Å²) in [6, 6.07) is 6.87. The fourth-order valence-corrected chi connectivity index (χ4v) is 2.57. The summed E-state index contributed by atoms with van der Waals surface area (Å²) < 4.78 is 4.95. The molecule has 0 spiro atoms. The van der Waals surface area contributed by atoms with Crippen molar-refractivity contribution < 1.29 is 14.3 Å². The van der Waals surface area contributed by atoms with Gasteiger partial charge in [-0.3, -0.25) is 9.59 Å². The van der Waals surface area contributed by atoms with E-state index >= 15 is 0 Å². The zero-order chi connectivity index (χ0) is 17.5. The predicted octanol–water partition coefficient (Wildman–Crippen LogP) is 2.47. The highest BCUT2D eigenvalue weighted by Gasteiger charge is 2.14. The number of amides is 2. The molecule has 1 atom stereocenters. The van der Waals surface area contributed by atoms with E-state index in [-0.39, 0.29) is 22.9 Å². The number of ether oxygens (including phenoxy) is 1. The highest BCUT2D eigenvalue weighted by molar-refractivity contribution is 7.13. The summed E-state index contributed by atoms with van der Waals surface area (Å²) in [6.07, 6.45) is 0.850. The van der Waals surface area contributed by atoms with Crippen molar-refractivity contribution in [3.63, 3.8) is 0 Å². The largest absolute Gasteiger partial charge is 0.377 e. The van der Waals surface area contributed by atoms with Crippen molar-refractivity contribution in [2.45, 2.75) is 32.9 Å². The van der Waals surface area contributed by atoms with Gasteiger partial charge in [-0.15, -0.1) is 10.2 Å². The van der Waals surface area contributed by atoms with Gasteiger partial charge in [0.2, 0.25) is 5.01 Å². The number of nitrogens with zero attached hydrogens (tertiary/aromatic N) is 2. The second-order valence-corrected chi connectivity index (χ2v) is 6.31. The van der Waals surface area contributed by atoms with Crippen LogP contribution in [0.2, 0.25) is 0 Å². The highest BCUT2D eigenvalue weighted by Crippen LogP contribution is 2.15. The van der Waals surface area contributed by atoms with Crippen LogP contribution in [0.3, 0.4) is 0 Å². The third kappa shape index (κ3) is 4.84. The second kappa shape index (κ2) is 8.51. The average molecular weight is 348 g/mol. The van der Waals surface area contributed by atoms with Crippen LogP contribution in [0.5, 0.6) is 0 Å². The first-order valence-corrected chi connectivity index (χ1v) is 8.38. The smallest absolute Gasteiger partial charge is 0.286 e. The summed E-state index contributed by atoms with van der Waals surface area (Å²) in [5, 5.41) is 14.2. The van der Waals surface area contributed by atoms with Crippen LogP contribution in [-0.4, -0.2) is 35.2 Å². The molecule has 128 valence electrons. The summed E-state index contributed by atoms with van der Waals surface area (Å²) in [7, 11) is 1.55. The van der Waals surface area contributed by atoms with E-state index in [2.05, 4.69) is 20.8 Å². The van der Waals surface area contributed by atoms with E-state index in [4.69, 9.17) is 4.74 Å². The molecular weight excluding hydrogens is 328 g/mol. The van der Waals surface area contributed by atoms with E-state index in [1.165, 1.54) is 11.3 Å². The minimum atomic E-state index is -0.366. The maximum absolute atomic E-state index is 12.2. The predicted molar refractivity (Wildman–Crippen MR) is 92.2 cm³/mol. The van der Waals surface area contributed by atoms with Crippen LogP contribution < -0.4 is 10.6 Å². The quantitative estimate of drug-likeness (QED) is 0.802. The summed E-state index contributed by atoms with van der Waals surface area (Å²) in [6.45, 7) is 4.26. The van der Waals surface area contributed by atoms with E-state index in [1.54, 1.807) is 31.4 Å². The fraction of sp³-hybridized carbons (Fsp3) is 0.375. The van der Waals surface area contributed by atoms with Crippen molar-refractivity contribution in [2.75, 3.05) is 12.4 Å². The number of benzene rings is 1. The first kappa shape index (κ1) is 18.0. The molecule has 0 aliphatic carbocycles. The Balaban J connectivity index is 2.05. The minimum absolute atomic E-state index is 0.0938. The summed E-state index contributed by atoms with van der Waals surface area (Å²) in [5.41, 5.74) is 1.02. The van der Waals surface area contributed by atoms with E-state index in [1.807, 2.05) is 13.8 Å². The van der Waals surface area contributed by atoms with Gasteiger partial charge in [-0.1, -0.05) is 24.3 Å². The van der Waals surface area contributed by atoms with Crippen LogP contribution in [-0.2, 0) is 11.3 Å². The molecule has 2 N–H and O–H groups in total. The summed E-state index contributed by atoms with van der Waals surface area (Å²) in [5.74, 6) is -0.534. The van der Waals surface area contributed by atoms with Crippen molar-refractivity contribution in [2.24, 2.45) is 0 Å². The topological polar surface area (TPSA) is 93.2 Å². The molecular formula is C16H20N4O3S. The molecule has 2 aromatic rings. The first-order chi connectivity index (χ1) is 11.5. The van der Waals surface area contributed by atoms with Crippen LogP contribution in [0, 0.1) is 0 Å². The van der Waals surface area contributed by atoms with E-state index < -0.39 is 0 Å². The molecule has 0 aliphatic rings. The molecule has 0 saturated carbocycles. The van der Waals surface area contributed by atoms with Gasteiger partial charge in [0.25, 0.3) is 11.8 Å². The highest BCUT2D eigenvalue weighted by atomic mass is 32.1. The number of aromatic nitrogens is 2. The molecule has 0 fully saturated rings. The molecule has 0 saturated heterocycles. The molecule has 1 heterocycles. The van der Waals surface area contributed by atoms with Gasteiger partial charge in [0.05, 0.1) is 6.61 Å². The van der Waals surface area contributed by atoms with Crippen LogP contribution in [0.25, 0.3) is 0 Å². The first-order valence-electron chi connectivity index (χ1n) is 7.57. The second-order valence-electron chi connectivity index (χ2n) is 5.25. The number of rotatable bonds is 7. The van der Waals surface area contributed by atoms with Gasteiger partial charge < -0.3 is 15.4 Å². The van der Waals surface area contributed by atoms with Crippen molar-refractivity contribution in [1.29, 1.82) is 0 Å². The Morgan fingerprint density at radius 1 is 1.29 bits per heavy atom. The van der Waals surface area contributed by atoms with Crippen molar-refractivity contribution in [3.05, 3.63) is 39.8 Å². The van der Waals surface area contributed by atoms with Gasteiger partial charge in [-0.05, 0) is 31.5 Å². The molecule has 0 unspecified atom stereocenters.